The SMILES string of the molecule is CCCCCCCCCCCCCCCC(=O)NC(C(=O)N1CCCC1)C(O)c1ccncc1. The predicted molar refractivity (Wildman–Crippen MR) is 137 cm³/mol. The van der Waals surface area contributed by atoms with Gasteiger partial charge in [0.05, 0.1) is 0 Å². The van der Waals surface area contributed by atoms with Gasteiger partial charge in [-0.1, -0.05) is 84.0 Å². The summed E-state index contributed by atoms with van der Waals surface area (Å²) in [6, 6.07) is 2.43. The smallest absolute Gasteiger partial charge is 0.248 e. The first-order valence-corrected chi connectivity index (χ1v) is 13.8. The zero-order valence-electron chi connectivity index (χ0n) is 21.4. The molecule has 1 saturated heterocycles. The first-order valence-electron chi connectivity index (χ1n) is 13.8. The van der Waals surface area contributed by atoms with Gasteiger partial charge in [-0.2, -0.15) is 0 Å². The maximum Gasteiger partial charge on any atom is 0.248 e. The van der Waals surface area contributed by atoms with Crippen LogP contribution in [0.1, 0.15) is 121 Å². The van der Waals surface area contributed by atoms with E-state index in [1.807, 2.05) is 0 Å². The first kappa shape index (κ1) is 28.3. The fourth-order valence-corrected chi connectivity index (χ4v) is 4.71. The number of hydrogen-bond donors (Lipinski definition) is 2. The quantitative estimate of drug-likeness (QED) is 0.268. The number of hydrogen-bond acceptors (Lipinski definition) is 4. The molecular formula is C28H47N3O3. The first-order chi connectivity index (χ1) is 16.6. The highest BCUT2D eigenvalue weighted by molar-refractivity contribution is 5.88. The number of likely N-dealkylation sites (tertiary alicyclic amines) is 1. The maximum atomic E-state index is 13.0. The van der Waals surface area contributed by atoms with Crippen LogP contribution >= 0.6 is 0 Å². The Morgan fingerprint density at radius 3 is 1.91 bits per heavy atom. The van der Waals surface area contributed by atoms with E-state index in [4.69, 9.17) is 0 Å². The lowest BCUT2D eigenvalue weighted by Gasteiger charge is -2.28. The Morgan fingerprint density at radius 2 is 1.38 bits per heavy atom. The van der Waals surface area contributed by atoms with E-state index in [2.05, 4.69) is 17.2 Å². The molecule has 0 bridgehead atoms. The highest BCUT2D eigenvalue weighted by atomic mass is 16.3. The summed E-state index contributed by atoms with van der Waals surface area (Å²) in [5, 5.41) is 13.7. The molecule has 0 spiro atoms. The van der Waals surface area contributed by atoms with Crippen LogP contribution in [0.25, 0.3) is 0 Å². The molecule has 192 valence electrons. The lowest BCUT2D eigenvalue weighted by molar-refractivity contribution is -0.139. The average molecular weight is 474 g/mol. The molecule has 0 saturated carbocycles. The van der Waals surface area contributed by atoms with Crippen molar-refractivity contribution < 1.29 is 14.7 Å². The normalized spacial score (nSPS) is 15.3. The van der Waals surface area contributed by atoms with Crippen molar-refractivity contribution in [3.8, 4) is 0 Å². The molecule has 1 aromatic heterocycles. The van der Waals surface area contributed by atoms with Crippen molar-refractivity contribution in [3.63, 3.8) is 0 Å². The van der Waals surface area contributed by atoms with Crippen molar-refractivity contribution in [2.45, 2.75) is 122 Å². The van der Waals surface area contributed by atoms with Gasteiger partial charge in [-0.15, -0.1) is 0 Å². The zero-order chi connectivity index (χ0) is 24.4. The average Bonchev–Trinajstić information content (AvgIpc) is 3.40. The maximum absolute atomic E-state index is 13.0. The Morgan fingerprint density at radius 1 is 0.882 bits per heavy atom. The minimum Gasteiger partial charge on any atom is -0.386 e. The lowest BCUT2D eigenvalue weighted by Crippen LogP contribution is -2.51. The van der Waals surface area contributed by atoms with E-state index < -0.39 is 12.1 Å². The number of nitrogens with one attached hydrogen (secondary N) is 1. The van der Waals surface area contributed by atoms with E-state index in [0.29, 0.717) is 25.1 Å². The summed E-state index contributed by atoms with van der Waals surface area (Å²) in [5.74, 6) is -0.353. The van der Waals surface area contributed by atoms with Crippen LogP contribution in [-0.2, 0) is 9.59 Å². The summed E-state index contributed by atoms with van der Waals surface area (Å²) in [4.78, 5) is 31.4. The van der Waals surface area contributed by atoms with Gasteiger partial charge in [0.1, 0.15) is 12.1 Å². The second kappa shape index (κ2) is 17.5. The number of aliphatic hydroxyl groups excluding tert-OH is 1. The third-order valence-electron chi connectivity index (χ3n) is 6.87. The summed E-state index contributed by atoms with van der Waals surface area (Å²) in [5.41, 5.74) is 0.591. The molecule has 6 nitrogen and oxygen atoms in total. The number of unbranched alkanes of at least 4 members (excludes halogenated alkanes) is 12. The van der Waals surface area contributed by atoms with Crippen LogP contribution in [0.2, 0.25) is 0 Å². The van der Waals surface area contributed by atoms with Crippen LogP contribution in [0.5, 0.6) is 0 Å². The van der Waals surface area contributed by atoms with Gasteiger partial charge < -0.3 is 15.3 Å². The molecule has 2 amide bonds. The molecule has 1 aliphatic heterocycles. The predicted octanol–water partition coefficient (Wildman–Crippen LogP) is 5.70. The van der Waals surface area contributed by atoms with Gasteiger partial charge >= 0.3 is 0 Å². The number of rotatable bonds is 18. The summed E-state index contributed by atoms with van der Waals surface area (Å²) >= 11 is 0. The monoisotopic (exact) mass is 473 g/mol. The molecule has 2 heterocycles. The second-order valence-corrected chi connectivity index (χ2v) is 9.80. The van der Waals surface area contributed by atoms with E-state index in [0.717, 1.165) is 32.1 Å². The van der Waals surface area contributed by atoms with Gasteiger partial charge in [-0.05, 0) is 37.0 Å². The summed E-state index contributed by atoms with van der Waals surface area (Å²) in [6.45, 7) is 3.63. The molecule has 2 N–H and O–H groups in total. The Labute approximate surface area is 206 Å². The van der Waals surface area contributed by atoms with Crippen LogP contribution in [0, 0.1) is 0 Å². The highest BCUT2D eigenvalue weighted by Gasteiger charge is 2.33. The highest BCUT2D eigenvalue weighted by Crippen LogP contribution is 2.20. The van der Waals surface area contributed by atoms with Gasteiger partial charge in [0.25, 0.3) is 0 Å². The van der Waals surface area contributed by atoms with Crippen molar-refractivity contribution in [3.05, 3.63) is 30.1 Å². The summed E-state index contributed by atoms with van der Waals surface area (Å²) < 4.78 is 0. The van der Waals surface area contributed by atoms with E-state index >= 15 is 0 Å². The van der Waals surface area contributed by atoms with Crippen LogP contribution in [0.4, 0.5) is 0 Å². The molecule has 1 aliphatic rings. The minimum absolute atomic E-state index is 0.159. The number of nitrogens with zero attached hydrogens (tertiary/aromatic N) is 2. The standard InChI is InChI=1S/C28H47N3O3/c1-2-3-4-5-6-7-8-9-10-11-12-13-14-17-25(32)30-26(28(34)31-22-15-16-23-31)27(33)24-18-20-29-21-19-24/h18-21,26-27,33H,2-17,22-23H2,1H3,(H,30,32). The molecule has 2 unspecified atom stereocenters. The number of carbonyl (C=O) groups is 2. The minimum atomic E-state index is -1.08. The van der Waals surface area contributed by atoms with Gasteiger partial charge in [0.15, 0.2) is 0 Å². The number of aromatic nitrogens is 1. The third kappa shape index (κ3) is 11.0. The number of pyridine rings is 1. The number of carbonyl (C=O) groups excluding carboxylic acids is 2. The van der Waals surface area contributed by atoms with Crippen molar-refractivity contribution in [1.82, 2.24) is 15.2 Å². The van der Waals surface area contributed by atoms with Crippen LogP contribution < -0.4 is 5.32 Å². The zero-order valence-corrected chi connectivity index (χ0v) is 21.4. The third-order valence-corrected chi connectivity index (χ3v) is 6.87. The summed E-state index contributed by atoms with van der Waals surface area (Å²) in [7, 11) is 0. The fourth-order valence-electron chi connectivity index (χ4n) is 4.71. The molecule has 0 aromatic carbocycles. The number of amides is 2. The van der Waals surface area contributed by atoms with Gasteiger partial charge in [-0.25, -0.2) is 0 Å². The largest absolute Gasteiger partial charge is 0.386 e. The lowest BCUT2D eigenvalue weighted by atomic mass is 10.0. The van der Waals surface area contributed by atoms with Gasteiger partial charge in [-0.3, -0.25) is 14.6 Å². The molecule has 0 aliphatic carbocycles. The van der Waals surface area contributed by atoms with Crippen LogP contribution in [-0.4, -0.2) is 45.9 Å². The summed E-state index contributed by atoms with van der Waals surface area (Å²) in [6.07, 6.45) is 20.8. The van der Waals surface area contributed by atoms with E-state index in [1.54, 1.807) is 29.4 Å². The Bertz CT molecular complexity index is 677. The van der Waals surface area contributed by atoms with Crippen molar-refractivity contribution in [2.75, 3.05) is 13.1 Å². The molecular weight excluding hydrogens is 426 g/mol. The molecule has 1 aromatic rings. The fraction of sp³-hybridized carbons (Fsp3) is 0.750. The molecule has 1 fully saturated rings. The van der Waals surface area contributed by atoms with E-state index in [1.165, 1.54) is 64.2 Å². The van der Waals surface area contributed by atoms with Gasteiger partial charge in [0.2, 0.25) is 11.8 Å². The Balaban J connectivity index is 1.63. The van der Waals surface area contributed by atoms with Crippen molar-refractivity contribution in [2.24, 2.45) is 0 Å². The molecule has 2 rings (SSSR count). The molecule has 6 heteroatoms. The Kier molecular flexibility index (Phi) is 14.5. The molecule has 2 atom stereocenters. The molecule has 34 heavy (non-hydrogen) atoms. The molecule has 0 radical (unpaired) electrons. The van der Waals surface area contributed by atoms with Gasteiger partial charge in [0, 0.05) is 31.9 Å². The van der Waals surface area contributed by atoms with Crippen molar-refractivity contribution >= 4 is 11.8 Å². The number of aliphatic hydroxyl groups is 1. The van der Waals surface area contributed by atoms with E-state index in [-0.39, 0.29) is 11.8 Å². The van der Waals surface area contributed by atoms with E-state index in [9.17, 15) is 14.7 Å². The van der Waals surface area contributed by atoms with Crippen LogP contribution in [0.3, 0.4) is 0 Å². The Hall–Kier alpha value is -1.95. The van der Waals surface area contributed by atoms with Crippen molar-refractivity contribution in [1.29, 1.82) is 0 Å². The topological polar surface area (TPSA) is 82.5 Å². The second-order valence-electron chi connectivity index (χ2n) is 9.80. The van der Waals surface area contributed by atoms with Crippen LogP contribution in [0.15, 0.2) is 24.5 Å².